The van der Waals surface area contributed by atoms with Crippen molar-refractivity contribution in [1.29, 1.82) is 0 Å². The first kappa shape index (κ1) is 14.4. The summed E-state index contributed by atoms with van der Waals surface area (Å²) in [7, 11) is 0. The summed E-state index contributed by atoms with van der Waals surface area (Å²) in [6.07, 6.45) is 0. The topological polar surface area (TPSA) is 9.23 Å². The standard InChI is InChI=1S/C16H16BrClO/c1-11-3-4-14(7-12(11)2)10-19-16-6-5-13(9-17)8-15(16)18/h3-8H,9-10H2,1-2H3. The minimum absolute atomic E-state index is 0.536. The van der Waals surface area contributed by atoms with Gasteiger partial charge >= 0.3 is 0 Å². The summed E-state index contributed by atoms with van der Waals surface area (Å²) < 4.78 is 5.77. The van der Waals surface area contributed by atoms with Gasteiger partial charge in [0.1, 0.15) is 12.4 Å². The molecule has 0 unspecified atom stereocenters. The summed E-state index contributed by atoms with van der Waals surface area (Å²) in [5, 5.41) is 1.45. The molecular formula is C16H16BrClO. The second-order valence-electron chi connectivity index (χ2n) is 4.61. The van der Waals surface area contributed by atoms with Crippen molar-refractivity contribution in [2.24, 2.45) is 0 Å². The van der Waals surface area contributed by atoms with E-state index in [4.69, 9.17) is 16.3 Å². The predicted molar refractivity (Wildman–Crippen MR) is 84.3 cm³/mol. The number of hydrogen-bond acceptors (Lipinski definition) is 1. The first-order valence-corrected chi connectivity index (χ1v) is 7.63. The minimum atomic E-state index is 0.536. The number of ether oxygens (including phenoxy) is 1. The van der Waals surface area contributed by atoms with Crippen LogP contribution in [-0.4, -0.2) is 0 Å². The van der Waals surface area contributed by atoms with Crippen molar-refractivity contribution in [1.82, 2.24) is 0 Å². The van der Waals surface area contributed by atoms with Gasteiger partial charge in [0.15, 0.2) is 0 Å². The summed E-state index contributed by atoms with van der Waals surface area (Å²) >= 11 is 9.59. The fraction of sp³-hybridized carbons (Fsp3) is 0.250. The quantitative estimate of drug-likeness (QED) is 0.675. The van der Waals surface area contributed by atoms with E-state index in [0.717, 1.165) is 22.2 Å². The summed E-state index contributed by atoms with van der Waals surface area (Å²) in [5.74, 6) is 0.726. The number of hydrogen-bond donors (Lipinski definition) is 0. The molecule has 0 heterocycles. The van der Waals surface area contributed by atoms with E-state index < -0.39 is 0 Å². The van der Waals surface area contributed by atoms with Crippen LogP contribution in [0.5, 0.6) is 5.75 Å². The minimum Gasteiger partial charge on any atom is -0.487 e. The van der Waals surface area contributed by atoms with Crippen LogP contribution in [0.15, 0.2) is 36.4 Å². The van der Waals surface area contributed by atoms with Gasteiger partial charge in [0, 0.05) is 5.33 Å². The molecule has 0 aliphatic heterocycles. The average molecular weight is 340 g/mol. The van der Waals surface area contributed by atoms with E-state index in [1.807, 2.05) is 18.2 Å². The van der Waals surface area contributed by atoms with E-state index >= 15 is 0 Å². The molecule has 100 valence electrons. The van der Waals surface area contributed by atoms with Gasteiger partial charge in [-0.1, -0.05) is 51.8 Å². The van der Waals surface area contributed by atoms with Gasteiger partial charge in [-0.05, 0) is 48.2 Å². The van der Waals surface area contributed by atoms with Gasteiger partial charge in [0.25, 0.3) is 0 Å². The van der Waals surface area contributed by atoms with Gasteiger partial charge in [0.05, 0.1) is 5.02 Å². The van der Waals surface area contributed by atoms with Crippen molar-refractivity contribution >= 4 is 27.5 Å². The highest BCUT2D eigenvalue weighted by molar-refractivity contribution is 9.08. The monoisotopic (exact) mass is 338 g/mol. The third-order valence-electron chi connectivity index (χ3n) is 3.12. The van der Waals surface area contributed by atoms with Crippen LogP contribution < -0.4 is 4.74 Å². The van der Waals surface area contributed by atoms with E-state index in [2.05, 4.69) is 48.0 Å². The Balaban J connectivity index is 2.07. The Bertz CT molecular complexity index is 581. The van der Waals surface area contributed by atoms with Crippen molar-refractivity contribution in [2.75, 3.05) is 0 Å². The smallest absolute Gasteiger partial charge is 0.138 e. The van der Waals surface area contributed by atoms with Crippen LogP contribution in [0.1, 0.15) is 22.3 Å². The molecule has 0 saturated carbocycles. The van der Waals surface area contributed by atoms with Gasteiger partial charge in [-0.2, -0.15) is 0 Å². The van der Waals surface area contributed by atoms with Crippen molar-refractivity contribution in [3.05, 3.63) is 63.7 Å². The molecule has 0 N–H and O–H groups in total. The zero-order chi connectivity index (χ0) is 13.8. The number of rotatable bonds is 4. The zero-order valence-corrected chi connectivity index (χ0v) is 13.4. The molecule has 0 amide bonds. The van der Waals surface area contributed by atoms with Crippen LogP contribution in [0.25, 0.3) is 0 Å². The Labute approximate surface area is 127 Å². The largest absolute Gasteiger partial charge is 0.487 e. The van der Waals surface area contributed by atoms with Gasteiger partial charge in [-0.15, -0.1) is 0 Å². The molecule has 0 aliphatic rings. The van der Waals surface area contributed by atoms with E-state index in [0.29, 0.717) is 11.6 Å². The Morgan fingerprint density at radius 3 is 2.37 bits per heavy atom. The molecule has 0 bridgehead atoms. The molecule has 0 saturated heterocycles. The maximum Gasteiger partial charge on any atom is 0.138 e. The predicted octanol–water partition coefficient (Wildman–Crippen LogP) is 5.43. The average Bonchev–Trinajstić information content (AvgIpc) is 2.41. The van der Waals surface area contributed by atoms with Crippen molar-refractivity contribution in [3.8, 4) is 5.75 Å². The summed E-state index contributed by atoms with van der Waals surface area (Å²) in [6, 6.07) is 12.2. The lowest BCUT2D eigenvalue weighted by molar-refractivity contribution is 0.306. The summed E-state index contributed by atoms with van der Waals surface area (Å²) in [5.41, 5.74) is 4.87. The highest BCUT2D eigenvalue weighted by Gasteiger charge is 2.04. The molecule has 3 heteroatoms. The lowest BCUT2D eigenvalue weighted by atomic mass is 10.1. The molecule has 0 radical (unpaired) electrons. The Morgan fingerprint density at radius 2 is 1.74 bits per heavy atom. The Kier molecular flexibility index (Phi) is 4.89. The zero-order valence-electron chi connectivity index (χ0n) is 11.0. The molecule has 2 aromatic carbocycles. The van der Waals surface area contributed by atoms with Crippen LogP contribution in [0, 0.1) is 13.8 Å². The lowest BCUT2D eigenvalue weighted by Crippen LogP contribution is -1.97. The normalized spacial score (nSPS) is 10.5. The number of benzene rings is 2. The van der Waals surface area contributed by atoms with Crippen molar-refractivity contribution in [3.63, 3.8) is 0 Å². The molecule has 2 aromatic rings. The van der Waals surface area contributed by atoms with Crippen molar-refractivity contribution in [2.45, 2.75) is 25.8 Å². The Morgan fingerprint density at radius 1 is 1.00 bits per heavy atom. The first-order chi connectivity index (χ1) is 9.10. The van der Waals surface area contributed by atoms with Crippen LogP contribution in [0.3, 0.4) is 0 Å². The highest BCUT2D eigenvalue weighted by atomic mass is 79.9. The van der Waals surface area contributed by atoms with E-state index in [9.17, 15) is 0 Å². The van der Waals surface area contributed by atoms with Crippen LogP contribution >= 0.6 is 27.5 Å². The maximum atomic E-state index is 6.19. The third-order valence-corrected chi connectivity index (χ3v) is 4.06. The van der Waals surface area contributed by atoms with Gasteiger partial charge in [-0.25, -0.2) is 0 Å². The summed E-state index contributed by atoms with van der Waals surface area (Å²) in [6.45, 7) is 4.75. The second-order valence-corrected chi connectivity index (χ2v) is 5.57. The molecule has 0 fully saturated rings. The number of halogens is 2. The lowest BCUT2D eigenvalue weighted by Gasteiger charge is -2.10. The molecule has 0 spiro atoms. The number of alkyl halides is 1. The fourth-order valence-corrected chi connectivity index (χ4v) is 2.41. The molecular weight excluding hydrogens is 324 g/mol. The molecule has 1 nitrogen and oxygen atoms in total. The molecule has 0 atom stereocenters. The second kappa shape index (κ2) is 6.44. The molecule has 0 aromatic heterocycles. The molecule has 0 aliphatic carbocycles. The maximum absolute atomic E-state index is 6.19. The number of aryl methyl sites for hydroxylation is 2. The van der Waals surface area contributed by atoms with E-state index in [1.54, 1.807) is 0 Å². The van der Waals surface area contributed by atoms with Crippen molar-refractivity contribution < 1.29 is 4.74 Å². The van der Waals surface area contributed by atoms with Crippen LogP contribution in [0.2, 0.25) is 5.02 Å². The van der Waals surface area contributed by atoms with Crippen LogP contribution in [0.4, 0.5) is 0 Å². The fourth-order valence-electron chi connectivity index (χ4n) is 1.80. The summed E-state index contributed by atoms with van der Waals surface area (Å²) in [4.78, 5) is 0. The molecule has 19 heavy (non-hydrogen) atoms. The van der Waals surface area contributed by atoms with Gasteiger partial charge in [0.2, 0.25) is 0 Å². The van der Waals surface area contributed by atoms with Gasteiger partial charge in [-0.3, -0.25) is 0 Å². The van der Waals surface area contributed by atoms with E-state index in [-0.39, 0.29) is 0 Å². The first-order valence-electron chi connectivity index (χ1n) is 6.13. The Hall–Kier alpha value is -0.990. The third kappa shape index (κ3) is 3.74. The van der Waals surface area contributed by atoms with E-state index in [1.165, 1.54) is 11.1 Å². The SMILES string of the molecule is Cc1ccc(COc2ccc(CBr)cc2Cl)cc1C. The van der Waals surface area contributed by atoms with Gasteiger partial charge < -0.3 is 4.74 Å². The highest BCUT2D eigenvalue weighted by Crippen LogP contribution is 2.27. The van der Waals surface area contributed by atoms with Crippen LogP contribution in [-0.2, 0) is 11.9 Å². The molecule has 2 rings (SSSR count).